The first-order chi connectivity index (χ1) is 10.4. The number of rotatable bonds is 3. The van der Waals surface area contributed by atoms with E-state index in [0.29, 0.717) is 23.4 Å². The van der Waals surface area contributed by atoms with E-state index in [0.717, 1.165) is 6.07 Å². The maximum Gasteiger partial charge on any atom is 0.334 e. The quantitative estimate of drug-likeness (QED) is 0.917. The number of carboxylic acid groups (broad SMARTS) is 1. The summed E-state index contributed by atoms with van der Waals surface area (Å²) >= 11 is 6.09. The van der Waals surface area contributed by atoms with Crippen LogP contribution in [-0.4, -0.2) is 16.8 Å². The van der Waals surface area contributed by atoms with Crippen molar-refractivity contribution in [1.29, 1.82) is 5.26 Å². The number of nitriles is 1. The van der Waals surface area contributed by atoms with Crippen LogP contribution in [0.5, 0.6) is 0 Å². The van der Waals surface area contributed by atoms with Crippen LogP contribution in [0.2, 0.25) is 5.02 Å². The van der Waals surface area contributed by atoms with E-state index >= 15 is 0 Å². The van der Waals surface area contributed by atoms with Crippen LogP contribution in [0, 0.1) is 23.1 Å². The lowest BCUT2D eigenvalue weighted by Crippen LogP contribution is -2.29. The van der Waals surface area contributed by atoms with E-state index in [2.05, 4.69) is 11.1 Å². The van der Waals surface area contributed by atoms with Gasteiger partial charge in [0, 0.05) is 16.7 Å². The Morgan fingerprint density at radius 2 is 2.23 bits per heavy atom. The van der Waals surface area contributed by atoms with E-state index in [1.165, 1.54) is 12.1 Å². The van der Waals surface area contributed by atoms with Gasteiger partial charge in [0.05, 0.1) is 23.3 Å². The minimum Gasteiger partial charge on any atom is -0.478 e. The molecule has 22 heavy (non-hydrogen) atoms. The number of carboxylic acids is 1. The normalized spacial score (nSPS) is 21.3. The number of aliphatic carboxylic acids is 1. The average Bonchev–Trinajstić information content (AvgIpc) is 2.45. The second-order valence-corrected chi connectivity index (χ2v) is 5.43. The van der Waals surface area contributed by atoms with E-state index in [9.17, 15) is 19.6 Å². The molecule has 1 aromatic rings. The molecule has 2 atom stereocenters. The predicted octanol–water partition coefficient (Wildman–Crippen LogP) is 3.93. The first kappa shape index (κ1) is 16.2. The van der Waals surface area contributed by atoms with E-state index < -0.39 is 23.6 Å². The fourth-order valence-corrected chi connectivity index (χ4v) is 3.00. The number of aliphatic imine (C=N–C) groups is 1. The Morgan fingerprint density at radius 1 is 1.55 bits per heavy atom. The Balaban J connectivity index is 2.72. The Labute approximate surface area is 132 Å². The molecule has 2 unspecified atom stereocenters. The third-order valence-corrected chi connectivity index (χ3v) is 4.05. The molecule has 1 heterocycles. The van der Waals surface area contributed by atoms with Gasteiger partial charge in [0.1, 0.15) is 5.82 Å². The zero-order valence-corrected chi connectivity index (χ0v) is 12.9. The molecule has 0 saturated heterocycles. The van der Waals surface area contributed by atoms with Crippen LogP contribution in [0.3, 0.4) is 0 Å². The molecule has 1 aliphatic heterocycles. The summed E-state index contributed by atoms with van der Waals surface area (Å²) < 4.78 is 13.3. The Bertz CT molecular complexity index is 734. The zero-order valence-electron chi connectivity index (χ0n) is 12.1. The van der Waals surface area contributed by atoms with Crippen molar-refractivity contribution in [3.8, 4) is 6.07 Å². The third-order valence-electron chi connectivity index (χ3n) is 3.72. The summed E-state index contributed by atoms with van der Waals surface area (Å²) in [5.74, 6) is -3.16. The first-order valence-electron chi connectivity index (χ1n) is 6.76. The van der Waals surface area contributed by atoms with E-state index in [1.807, 2.05) is 0 Å². The molecular formula is C16H14ClFN2O2. The summed E-state index contributed by atoms with van der Waals surface area (Å²) in [7, 11) is 0. The molecule has 0 aliphatic carbocycles. The highest BCUT2D eigenvalue weighted by molar-refractivity contribution is 6.31. The molecule has 2 rings (SSSR count). The number of halogens is 2. The molecule has 1 N–H and O–H groups in total. The number of benzene rings is 1. The molecule has 0 spiro atoms. The lowest BCUT2D eigenvalue weighted by molar-refractivity contribution is -0.133. The monoisotopic (exact) mass is 320 g/mol. The van der Waals surface area contributed by atoms with Crippen molar-refractivity contribution in [2.24, 2.45) is 10.9 Å². The highest BCUT2D eigenvalue weighted by Crippen LogP contribution is 2.42. The summed E-state index contributed by atoms with van der Waals surface area (Å²) in [5, 5.41) is 19.1. The number of carbonyl (C=O) groups is 1. The molecule has 0 saturated carbocycles. The number of hydrogen-bond donors (Lipinski definition) is 1. The van der Waals surface area contributed by atoms with E-state index in [4.69, 9.17) is 11.6 Å². The summed E-state index contributed by atoms with van der Waals surface area (Å²) in [5.41, 5.74) is 1.43. The van der Waals surface area contributed by atoms with Crippen molar-refractivity contribution in [2.45, 2.75) is 26.2 Å². The van der Waals surface area contributed by atoms with E-state index in [-0.39, 0.29) is 10.6 Å². The van der Waals surface area contributed by atoms with Crippen molar-refractivity contribution >= 4 is 23.3 Å². The van der Waals surface area contributed by atoms with Crippen LogP contribution >= 0.6 is 11.6 Å². The van der Waals surface area contributed by atoms with Gasteiger partial charge >= 0.3 is 5.97 Å². The highest BCUT2D eigenvalue weighted by atomic mass is 35.5. The van der Waals surface area contributed by atoms with Crippen molar-refractivity contribution in [2.75, 3.05) is 0 Å². The molecular weight excluding hydrogens is 307 g/mol. The van der Waals surface area contributed by atoms with Gasteiger partial charge in [-0.2, -0.15) is 5.26 Å². The molecule has 114 valence electrons. The van der Waals surface area contributed by atoms with Crippen LogP contribution < -0.4 is 0 Å². The smallest absolute Gasteiger partial charge is 0.334 e. The fourth-order valence-electron chi connectivity index (χ4n) is 2.71. The van der Waals surface area contributed by atoms with Crippen LogP contribution in [0.1, 0.15) is 31.7 Å². The predicted molar refractivity (Wildman–Crippen MR) is 81.3 cm³/mol. The summed E-state index contributed by atoms with van der Waals surface area (Å²) in [6.45, 7) is 3.48. The molecule has 0 bridgehead atoms. The van der Waals surface area contributed by atoms with Gasteiger partial charge in [0.25, 0.3) is 0 Å². The zero-order chi connectivity index (χ0) is 16.4. The number of hydrogen-bond acceptors (Lipinski definition) is 3. The maximum absolute atomic E-state index is 13.3. The van der Waals surface area contributed by atoms with Gasteiger partial charge in [0.2, 0.25) is 0 Å². The lowest BCUT2D eigenvalue weighted by atomic mass is 9.76. The molecule has 1 aromatic carbocycles. The molecule has 1 aliphatic rings. The van der Waals surface area contributed by atoms with Crippen molar-refractivity contribution in [3.05, 3.63) is 45.9 Å². The second kappa shape index (κ2) is 6.29. The van der Waals surface area contributed by atoms with Crippen molar-refractivity contribution in [3.63, 3.8) is 0 Å². The molecule has 0 radical (unpaired) electrons. The largest absolute Gasteiger partial charge is 0.478 e. The minimum absolute atomic E-state index is 0.0492. The standard InChI is InChI=1S/C16H14ClFN2O2/c1-3-13-15(16(21)22)14(11(7-19)8(2)20-13)10-5-4-9(18)6-12(10)17/h4-6,11,14H,3H2,1-2H3,(H,21,22). The van der Waals surface area contributed by atoms with Crippen LogP contribution in [-0.2, 0) is 4.79 Å². The summed E-state index contributed by atoms with van der Waals surface area (Å²) in [6.07, 6.45) is 0.423. The maximum atomic E-state index is 13.3. The Hall–Kier alpha value is -2.19. The van der Waals surface area contributed by atoms with Crippen molar-refractivity contribution < 1.29 is 14.3 Å². The van der Waals surface area contributed by atoms with Gasteiger partial charge in [-0.3, -0.25) is 4.99 Å². The third kappa shape index (κ3) is 2.75. The molecule has 6 heteroatoms. The Kier molecular flexibility index (Phi) is 4.62. The number of allylic oxidation sites excluding steroid dienone is 1. The molecule has 4 nitrogen and oxygen atoms in total. The SMILES string of the molecule is CCC1=C(C(=O)O)C(c2ccc(F)cc2Cl)C(C#N)C(C)=N1. The van der Waals surface area contributed by atoms with Gasteiger partial charge < -0.3 is 5.11 Å². The topological polar surface area (TPSA) is 73.4 Å². The fraction of sp³-hybridized carbons (Fsp3) is 0.312. The highest BCUT2D eigenvalue weighted by Gasteiger charge is 2.38. The summed E-state index contributed by atoms with van der Waals surface area (Å²) in [6, 6.07) is 5.86. The average molecular weight is 321 g/mol. The molecule has 0 amide bonds. The molecule has 0 fully saturated rings. The Morgan fingerprint density at radius 3 is 2.73 bits per heavy atom. The van der Waals surface area contributed by atoms with Gasteiger partial charge in [-0.05, 0) is 31.0 Å². The van der Waals surface area contributed by atoms with Gasteiger partial charge in [-0.25, -0.2) is 9.18 Å². The summed E-state index contributed by atoms with van der Waals surface area (Å²) in [4.78, 5) is 16.0. The molecule has 0 aromatic heterocycles. The lowest BCUT2D eigenvalue weighted by Gasteiger charge is -2.29. The second-order valence-electron chi connectivity index (χ2n) is 5.02. The van der Waals surface area contributed by atoms with Crippen LogP contribution in [0.25, 0.3) is 0 Å². The van der Waals surface area contributed by atoms with Crippen LogP contribution in [0.15, 0.2) is 34.5 Å². The van der Waals surface area contributed by atoms with Gasteiger partial charge in [-0.15, -0.1) is 0 Å². The van der Waals surface area contributed by atoms with Crippen LogP contribution in [0.4, 0.5) is 4.39 Å². The number of nitrogens with zero attached hydrogens (tertiary/aromatic N) is 2. The van der Waals surface area contributed by atoms with Crippen molar-refractivity contribution in [1.82, 2.24) is 0 Å². The van der Waals surface area contributed by atoms with Gasteiger partial charge in [0.15, 0.2) is 0 Å². The van der Waals surface area contributed by atoms with E-state index in [1.54, 1.807) is 13.8 Å². The first-order valence-corrected chi connectivity index (χ1v) is 7.14. The minimum atomic E-state index is -1.14. The van der Waals surface area contributed by atoms with Gasteiger partial charge in [-0.1, -0.05) is 24.6 Å².